The third kappa shape index (κ3) is 6.09. The fourth-order valence-corrected chi connectivity index (χ4v) is 2.15. The zero-order valence-electron chi connectivity index (χ0n) is 15.2. The van der Waals surface area contributed by atoms with Gasteiger partial charge in [-0.3, -0.25) is 4.79 Å². The molecular weight excluding hydrogens is 330 g/mol. The lowest BCUT2D eigenvalue weighted by molar-refractivity contribution is -0.148. The maximum Gasteiger partial charge on any atom is 0.331 e. The standard InChI is InChI=1S/C21H23NO4/c1-4-25-19-12-10-18(11-13-19)22-21(24)16(3)26-20(23)14-9-17-7-5-15(2)6-8-17/h5-14,16H,4H2,1-3H3,(H,22,24)/b14-9+/t16-/m1/s1. The molecule has 1 atom stereocenters. The van der Waals surface area contributed by atoms with Crippen LogP contribution in [0.1, 0.15) is 25.0 Å². The monoisotopic (exact) mass is 353 g/mol. The van der Waals surface area contributed by atoms with E-state index < -0.39 is 18.0 Å². The van der Waals surface area contributed by atoms with Crippen molar-refractivity contribution in [3.8, 4) is 5.75 Å². The van der Waals surface area contributed by atoms with Gasteiger partial charge in [0.2, 0.25) is 0 Å². The van der Waals surface area contributed by atoms with Crippen LogP contribution in [-0.2, 0) is 14.3 Å². The Morgan fingerprint density at radius 3 is 2.35 bits per heavy atom. The predicted molar refractivity (Wildman–Crippen MR) is 102 cm³/mol. The molecule has 1 amide bonds. The minimum absolute atomic E-state index is 0.397. The Morgan fingerprint density at radius 2 is 1.73 bits per heavy atom. The van der Waals surface area contributed by atoms with Gasteiger partial charge in [0.15, 0.2) is 6.10 Å². The van der Waals surface area contributed by atoms with Gasteiger partial charge in [-0.1, -0.05) is 29.8 Å². The number of ether oxygens (including phenoxy) is 2. The molecule has 1 N–H and O–H groups in total. The van der Waals surface area contributed by atoms with E-state index in [2.05, 4.69) is 5.32 Å². The van der Waals surface area contributed by atoms with Crippen molar-refractivity contribution in [2.24, 2.45) is 0 Å². The zero-order valence-corrected chi connectivity index (χ0v) is 15.2. The molecule has 5 heteroatoms. The lowest BCUT2D eigenvalue weighted by Crippen LogP contribution is -2.29. The number of benzene rings is 2. The molecule has 0 saturated carbocycles. The fourth-order valence-electron chi connectivity index (χ4n) is 2.15. The van der Waals surface area contributed by atoms with Gasteiger partial charge >= 0.3 is 5.97 Å². The second-order valence-corrected chi connectivity index (χ2v) is 5.77. The number of amides is 1. The third-order valence-electron chi connectivity index (χ3n) is 3.58. The van der Waals surface area contributed by atoms with Gasteiger partial charge in [0.25, 0.3) is 5.91 Å². The van der Waals surface area contributed by atoms with Gasteiger partial charge in [-0.25, -0.2) is 4.79 Å². The lowest BCUT2D eigenvalue weighted by atomic mass is 10.1. The van der Waals surface area contributed by atoms with Gasteiger partial charge in [-0.05, 0) is 56.7 Å². The lowest BCUT2D eigenvalue weighted by Gasteiger charge is -2.12. The molecule has 2 aromatic carbocycles. The number of anilines is 1. The van der Waals surface area contributed by atoms with Crippen LogP contribution in [-0.4, -0.2) is 24.6 Å². The molecule has 2 rings (SSSR count). The Balaban J connectivity index is 1.85. The maximum absolute atomic E-state index is 12.1. The van der Waals surface area contributed by atoms with E-state index in [1.54, 1.807) is 30.3 Å². The molecular formula is C21H23NO4. The molecule has 26 heavy (non-hydrogen) atoms. The highest BCUT2D eigenvalue weighted by molar-refractivity contribution is 5.96. The first-order chi connectivity index (χ1) is 12.5. The average molecular weight is 353 g/mol. The summed E-state index contributed by atoms with van der Waals surface area (Å²) in [6.07, 6.45) is 2.06. The number of rotatable bonds is 7. The number of nitrogens with one attached hydrogen (secondary N) is 1. The van der Waals surface area contributed by atoms with Crippen LogP contribution in [0, 0.1) is 6.92 Å². The fraction of sp³-hybridized carbons (Fsp3) is 0.238. The molecule has 5 nitrogen and oxygen atoms in total. The van der Waals surface area contributed by atoms with Gasteiger partial charge < -0.3 is 14.8 Å². The molecule has 0 unspecified atom stereocenters. The maximum atomic E-state index is 12.1. The smallest absolute Gasteiger partial charge is 0.331 e. The summed E-state index contributed by atoms with van der Waals surface area (Å²) in [7, 11) is 0. The third-order valence-corrected chi connectivity index (χ3v) is 3.58. The second kappa shape index (κ2) is 9.42. The van der Waals surface area contributed by atoms with Crippen molar-refractivity contribution in [1.29, 1.82) is 0 Å². The van der Waals surface area contributed by atoms with Crippen LogP contribution in [0.4, 0.5) is 5.69 Å². The van der Waals surface area contributed by atoms with E-state index >= 15 is 0 Å². The minimum atomic E-state index is -0.906. The topological polar surface area (TPSA) is 64.6 Å². The van der Waals surface area contributed by atoms with E-state index in [9.17, 15) is 9.59 Å². The Bertz CT molecular complexity index is 764. The number of carbonyl (C=O) groups excluding carboxylic acids is 2. The van der Waals surface area contributed by atoms with Gasteiger partial charge in [0, 0.05) is 11.8 Å². The summed E-state index contributed by atoms with van der Waals surface area (Å²) in [6, 6.07) is 14.7. The van der Waals surface area contributed by atoms with Crippen LogP contribution in [0.2, 0.25) is 0 Å². The minimum Gasteiger partial charge on any atom is -0.494 e. The van der Waals surface area contributed by atoms with Gasteiger partial charge in [0.1, 0.15) is 5.75 Å². The summed E-state index contributed by atoms with van der Waals surface area (Å²) < 4.78 is 10.5. The van der Waals surface area contributed by atoms with E-state index in [1.165, 1.54) is 13.0 Å². The Hall–Kier alpha value is -3.08. The largest absolute Gasteiger partial charge is 0.494 e. The summed E-state index contributed by atoms with van der Waals surface area (Å²) in [5.41, 5.74) is 2.64. The normalized spacial score (nSPS) is 11.8. The first-order valence-electron chi connectivity index (χ1n) is 8.47. The Kier molecular flexibility index (Phi) is 6.97. The highest BCUT2D eigenvalue weighted by Crippen LogP contribution is 2.16. The van der Waals surface area contributed by atoms with Crippen LogP contribution in [0.25, 0.3) is 6.08 Å². The molecule has 0 aliphatic carbocycles. The van der Waals surface area contributed by atoms with Crippen LogP contribution < -0.4 is 10.1 Å². The van der Waals surface area contributed by atoms with Crippen molar-refractivity contribution < 1.29 is 19.1 Å². The quantitative estimate of drug-likeness (QED) is 0.604. The summed E-state index contributed by atoms with van der Waals surface area (Å²) in [4.78, 5) is 24.0. The number of aryl methyl sites for hydroxylation is 1. The summed E-state index contributed by atoms with van der Waals surface area (Å²) >= 11 is 0. The Morgan fingerprint density at radius 1 is 1.08 bits per heavy atom. The highest BCUT2D eigenvalue weighted by Gasteiger charge is 2.16. The SMILES string of the molecule is CCOc1ccc(NC(=O)[C@@H](C)OC(=O)/C=C/c2ccc(C)cc2)cc1. The summed E-state index contributed by atoms with van der Waals surface area (Å²) in [6.45, 7) is 6.00. The number of esters is 1. The Labute approximate surface area is 153 Å². The molecule has 0 aliphatic heterocycles. The number of hydrogen-bond donors (Lipinski definition) is 1. The van der Waals surface area contributed by atoms with Crippen LogP contribution in [0.3, 0.4) is 0 Å². The molecule has 0 fully saturated rings. The molecule has 0 spiro atoms. The molecule has 0 aromatic heterocycles. The average Bonchev–Trinajstić information content (AvgIpc) is 2.63. The van der Waals surface area contributed by atoms with E-state index in [1.807, 2.05) is 38.1 Å². The van der Waals surface area contributed by atoms with Gasteiger partial charge in [-0.15, -0.1) is 0 Å². The second-order valence-electron chi connectivity index (χ2n) is 5.77. The molecule has 0 radical (unpaired) electrons. The van der Waals surface area contributed by atoms with Crippen LogP contribution >= 0.6 is 0 Å². The van der Waals surface area contributed by atoms with Crippen molar-refractivity contribution in [2.75, 3.05) is 11.9 Å². The molecule has 136 valence electrons. The molecule has 0 heterocycles. The highest BCUT2D eigenvalue weighted by atomic mass is 16.5. The molecule has 2 aromatic rings. The van der Waals surface area contributed by atoms with Crippen LogP contribution in [0.15, 0.2) is 54.6 Å². The van der Waals surface area contributed by atoms with Gasteiger partial charge in [-0.2, -0.15) is 0 Å². The molecule has 0 bridgehead atoms. The van der Waals surface area contributed by atoms with E-state index in [4.69, 9.17) is 9.47 Å². The van der Waals surface area contributed by atoms with Gasteiger partial charge in [0.05, 0.1) is 6.61 Å². The van der Waals surface area contributed by atoms with Crippen molar-refractivity contribution in [3.05, 3.63) is 65.7 Å². The molecule has 0 saturated heterocycles. The zero-order chi connectivity index (χ0) is 18.9. The number of hydrogen-bond acceptors (Lipinski definition) is 4. The van der Waals surface area contributed by atoms with Crippen molar-refractivity contribution >= 4 is 23.6 Å². The van der Waals surface area contributed by atoms with E-state index in [0.29, 0.717) is 12.3 Å². The van der Waals surface area contributed by atoms with Crippen LogP contribution in [0.5, 0.6) is 5.75 Å². The summed E-state index contributed by atoms with van der Waals surface area (Å²) in [5, 5.41) is 2.70. The first kappa shape index (κ1) is 19.2. The van der Waals surface area contributed by atoms with Crippen molar-refractivity contribution in [2.45, 2.75) is 26.9 Å². The molecule has 0 aliphatic rings. The van der Waals surface area contributed by atoms with E-state index in [-0.39, 0.29) is 0 Å². The number of carbonyl (C=O) groups is 2. The summed E-state index contributed by atoms with van der Waals surface area (Å²) in [5.74, 6) is -0.239. The first-order valence-corrected chi connectivity index (χ1v) is 8.47. The predicted octanol–water partition coefficient (Wildman–Crippen LogP) is 3.98. The van der Waals surface area contributed by atoms with E-state index in [0.717, 1.165) is 16.9 Å². The van der Waals surface area contributed by atoms with Crippen molar-refractivity contribution in [1.82, 2.24) is 0 Å². The van der Waals surface area contributed by atoms with Crippen molar-refractivity contribution in [3.63, 3.8) is 0 Å².